The van der Waals surface area contributed by atoms with Crippen LogP contribution >= 0.6 is 0 Å². The van der Waals surface area contributed by atoms with Crippen molar-refractivity contribution in [3.8, 4) is 0 Å². The van der Waals surface area contributed by atoms with Crippen LogP contribution in [0.4, 0.5) is 0 Å². The van der Waals surface area contributed by atoms with Gasteiger partial charge in [-0.2, -0.15) is 0 Å². The lowest BCUT2D eigenvalue weighted by atomic mass is 10.0. The molecular weight excluding hydrogens is 985 g/mol. The Morgan fingerprint density at radius 2 is 0.487 bits per heavy atom. The van der Waals surface area contributed by atoms with Gasteiger partial charge >= 0.3 is 17.9 Å². The number of allylic oxidation sites excluding steroid dienone is 20. The summed E-state index contributed by atoms with van der Waals surface area (Å²) < 4.78 is 16.9. The average molecular weight is 1110 g/mol. The van der Waals surface area contributed by atoms with Gasteiger partial charge in [-0.15, -0.1) is 0 Å². The Labute approximate surface area is 494 Å². The Morgan fingerprint density at radius 3 is 0.762 bits per heavy atom. The molecule has 0 amide bonds. The fourth-order valence-electron chi connectivity index (χ4n) is 9.20. The predicted molar refractivity (Wildman–Crippen MR) is 348 cm³/mol. The third-order valence-corrected chi connectivity index (χ3v) is 14.2. The number of hydrogen-bond donors (Lipinski definition) is 0. The highest BCUT2D eigenvalue weighted by Gasteiger charge is 2.19. The summed E-state index contributed by atoms with van der Waals surface area (Å²) in [4.78, 5) is 38.4. The highest BCUT2D eigenvalue weighted by atomic mass is 16.6. The number of unbranched alkanes of at least 4 members (excludes halogenated alkanes) is 29. The zero-order valence-electron chi connectivity index (χ0n) is 52.3. The molecule has 0 fully saturated rings. The molecule has 0 heterocycles. The molecule has 0 aliphatic rings. The fourth-order valence-corrected chi connectivity index (χ4v) is 9.20. The van der Waals surface area contributed by atoms with Crippen molar-refractivity contribution in [2.75, 3.05) is 13.2 Å². The lowest BCUT2D eigenvalue weighted by Gasteiger charge is -2.18. The molecule has 0 bridgehead atoms. The molecule has 0 N–H and O–H groups in total. The van der Waals surface area contributed by atoms with Gasteiger partial charge in [0.05, 0.1) is 0 Å². The number of carbonyl (C=O) groups is 3. The van der Waals surface area contributed by atoms with E-state index in [-0.39, 0.29) is 31.1 Å². The number of hydrogen-bond acceptors (Lipinski definition) is 6. The van der Waals surface area contributed by atoms with Crippen LogP contribution in [-0.2, 0) is 28.6 Å². The Kier molecular flexibility index (Phi) is 63.8. The van der Waals surface area contributed by atoms with Gasteiger partial charge in [-0.1, -0.05) is 296 Å². The summed E-state index contributed by atoms with van der Waals surface area (Å²) in [6.07, 6.45) is 93.4. The first kappa shape index (κ1) is 75.8. The standard InChI is InChI=1S/C74H124O6/c1-4-7-10-13-16-19-22-25-28-30-32-34-35-36-37-38-39-41-42-44-46-49-52-55-58-61-64-67-73(76)79-70-71(69-78-72(75)66-63-60-57-54-51-48-27-24-21-18-15-12-9-6-3)80-74(77)68-65-62-59-56-53-50-47-45-43-40-33-31-29-26-23-20-17-14-11-8-5-2/h7,10,16,19,23,25-26,28,31-34,36-37,39,41,43-46,71H,4-6,8-9,11-15,17-18,20-22,24,27,29-30,35,38,40,42,47-70H2,1-3H3/b10-7-,19-16-,26-23-,28-25-,33-31-,34-32-,37-36-,41-39-,45-43-,46-44-. The first-order chi connectivity index (χ1) is 39.5. The number of esters is 3. The van der Waals surface area contributed by atoms with Crippen molar-refractivity contribution in [3.05, 3.63) is 122 Å². The van der Waals surface area contributed by atoms with E-state index in [9.17, 15) is 14.4 Å². The summed E-state index contributed by atoms with van der Waals surface area (Å²) in [7, 11) is 0. The molecule has 0 saturated carbocycles. The highest BCUT2D eigenvalue weighted by Crippen LogP contribution is 2.16. The maximum Gasteiger partial charge on any atom is 0.306 e. The summed E-state index contributed by atoms with van der Waals surface area (Å²) in [5.41, 5.74) is 0. The predicted octanol–water partition coefficient (Wildman–Crippen LogP) is 23.2. The van der Waals surface area contributed by atoms with E-state index in [1.165, 1.54) is 122 Å². The summed E-state index contributed by atoms with van der Waals surface area (Å²) >= 11 is 0. The molecule has 456 valence electrons. The van der Waals surface area contributed by atoms with Crippen molar-refractivity contribution in [3.63, 3.8) is 0 Å². The molecule has 0 spiro atoms. The van der Waals surface area contributed by atoms with Gasteiger partial charge in [0.1, 0.15) is 13.2 Å². The number of rotatable bonds is 60. The van der Waals surface area contributed by atoms with Crippen molar-refractivity contribution >= 4 is 17.9 Å². The Balaban J connectivity index is 4.42. The van der Waals surface area contributed by atoms with E-state index in [1.54, 1.807) is 0 Å². The second-order valence-corrected chi connectivity index (χ2v) is 22.0. The third-order valence-electron chi connectivity index (χ3n) is 14.2. The zero-order chi connectivity index (χ0) is 57.8. The molecule has 1 atom stereocenters. The first-order valence-electron chi connectivity index (χ1n) is 33.5. The minimum atomic E-state index is -0.797. The molecule has 1 unspecified atom stereocenters. The maximum atomic E-state index is 12.9. The third kappa shape index (κ3) is 64.6. The van der Waals surface area contributed by atoms with Crippen LogP contribution in [0.15, 0.2) is 122 Å². The van der Waals surface area contributed by atoms with Crippen molar-refractivity contribution in [2.24, 2.45) is 0 Å². The van der Waals surface area contributed by atoms with Crippen LogP contribution in [-0.4, -0.2) is 37.2 Å². The minimum Gasteiger partial charge on any atom is -0.462 e. The van der Waals surface area contributed by atoms with Crippen molar-refractivity contribution in [2.45, 2.75) is 316 Å². The maximum absolute atomic E-state index is 12.9. The molecule has 0 aromatic carbocycles. The Hall–Kier alpha value is -4.19. The van der Waals surface area contributed by atoms with Crippen molar-refractivity contribution in [1.82, 2.24) is 0 Å². The van der Waals surface area contributed by atoms with E-state index >= 15 is 0 Å². The van der Waals surface area contributed by atoms with Crippen LogP contribution < -0.4 is 0 Å². The average Bonchev–Trinajstić information content (AvgIpc) is 3.46. The van der Waals surface area contributed by atoms with E-state index in [0.717, 1.165) is 148 Å². The second-order valence-electron chi connectivity index (χ2n) is 22.0. The highest BCUT2D eigenvalue weighted by molar-refractivity contribution is 5.71. The van der Waals surface area contributed by atoms with E-state index < -0.39 is 6.10 Å². The van der Waals surface area contributed by atoms with Crippen LogP contribution in [0.3, 0.4) is 0 Å². The molecular formula is C74H124O6. The van der Waals surface area contributed by atoms with Crippen LogP contribution in [0.25, 0.3) is 0 Å². The monoisotopic (exact) mass is 1110 g/mol. The fraction of sp³-hybridized carbons (Fsp3) is 0.689. The smallest absolute Gasteiger partial charge is 0.306 e. The van der Waals surface area contributed by atoms with Gasteiger partial charge in [-0.25, -0.2) is 0 Å². The quantitative estimate of drug-likeness (QED) is 0.0261. The van der Waals surface area contributed by atoms with Gasteiger partial charge in [0.25, 0.3) is 0 Å². The normalized spacial score (nSPS) is 12.9. The molecule has 80 heavy (non-hydrogen) atoms. The van der Waals surface area contributed by atoms with Gasteiger partial charge in [0.15, 0.2) is 6.10 Å². The molecule has 0 aromatic rings. The summed E-state index contributed by atoms with van der Waals surface area (Å²) in [5, 5.41) is 0. The Morgan fingerprint density at radius 1 is 0.263 bits per heavy atom. The summed E-state index contributed by atoms with van der Waals surface area (Å²) in [6.45, 7) is 6.51. The van der Waals surface area contributed by atoms with E-state index in [0.29, 0.717) is 19.3 Å². The summed E-state index contributed by atoms with van der Waals surface area (Å²) in [5.74, 6) is -0.914. The molecule has 0 aliphatic carbocycles. The molecule has 6 heteroatoms. The lowest BCUT2D eigenvalue weighted by molar-refractivity contribution is -0.167. The summed E-state index contributed by atoms with van der Waals surface area (Å²) in [6, 6.07) is 0. The van der Waals surface area contributed by atoms with Gasteiger partial charge in [-0.05, 0) is 116 Å². The van der Waals surface area contributed by atoms with Crippen molar-refractivity contribution in [1.29, 1.82) is 0 Å². The number of carbonyl (C=O) groups excluding carboxylic acids is 3. The van der Waals surface area contributed by atoms with Gasteiger partial charge in [-0.3, -0.25) is 14.4 Å². The minimum absolute atomic E-state index is 0.0896. The largest absolute Gasteiger partial charge is 0.462 e. The first-order valence-corrected chi connectivity index (χ1v) is 33.5. The van der Waals surface area contributed by atoms with E-state index in [2.05, 4.69) is 142 Å². The SMILES string of the molecule is CC/C=C\C/C=C\C/C=C\C/C=C\C/C=C\C/C=C\C/C=C\CCCCCCCC(=O)OCC(COC(=O)CCCCCCCCCCCCCCCC)OC(=O)CCCCCCCC/C=C\C/C=C\C/C=C\CCCCCCC. The molecule has 0 rings (SSSR count). The zero-order valence-corrected chi connectivity index (χ0v) is 52.3. The second kappa shape index (κ2) is 67.3. The van der Waals surface area contributed by atoms with Crippen LogP contribution in [0.2, 0.25) is 0 Å². The van der Waals surface area contributed by atoms with Gasteiger partial charge in [0, 0.05) is 19.3 Å². The van der Waals surface area contributed by atoms with Crippen LogP contribution in [0, 0.1) is 0 Å². The molecule has 0 aromatic heterocycles. The van der Waals surface area contributed by atoms with Crippen LogP contribution in [0.5, 0.6) is 0 Å². The number of ether oxygens (including phenoxy) is 3. The molecule has 0 radical (unpaired) electrons. The molecule has 0 aliphatic heterocycles. The molecule has 6 nitrogen and oxygen atoms in total. The van der Waals surface area contributed by atoms with Crippen molar-refractivity contribution < 1.29 is 28.6 Å². The topological polar surface area (TPSA) is 78.9 Å². The lowest BCUT2D eigenvalue weighted by Crippen LogP contribution is -2.30. The molecule has 0 saturated heterocycles. The Bertz CT molecular complexity index is 1650. The van der Waals surface area contributed by atoms with E-state index in [4.69, 9.17) is 14.2 Å². The van der Waals surface area contributed by atoms with E-state index in [1.807, 2.05) is 0 Å². The van der Waals surface area contributed by atoms with Gasteiger partial charge in [0.2, 0.25) is 0 Å². The van der Waals surface area contributed by atoms with Crippen LogP contribution in [0.1, 0.15) is 310 Å². The van der Waals surface area contributed by atoms with Gasteiger partial charge < -0.3 is 14.2 Å².